The molecule has 1 aliphatic rings. The third-order valence-corrected chi connectivity index (χ3v) is 5.05. The fourth-order valence-electron chi connectivity index (χ4n) is 3.65. The van der Waals surface area contributed by atoms with E-state index in [0.29, 0.717) is 12.2 Å². The summed E-state index contributed by atoms with van der Waals surface area (Å²) in [5, 5.41) is 17.1. The Morgan fingerprint density at radius 1 is 1.04 bits per heavy atom. The van der Waals surface area contributed by atoms with E-state index in [2.05, 4.69) is 30.3 Å². The van der Waals surface area contributed by atoms with Gasteiger partial charge >= 0.3 is 0 Å². The van der Waals surface area contributed by atoms with Gasteiger partial charge in [0.15, 0.2) is 5.65 Å². The highest BCUT2D eigenvalue weighted by molar-refractivity contribution is 5.57. The Morgan fingerprint density at radius 3 is 2.82 bits per heavy atom. The third kappa shape index (κ3) is 3.00. The third-order valence-electron chi connectivity index (χ3n) is 5.05. The van der Waals surface area contributed by atoms with Crippen molar-refractivity contribution >= 4 is 11.5 Å². The van der Waals surface area contributed by atoms with E-state index in [1.807, 2.05) is 24.3 Å². The molecule has 0 radical (unpaired) electrons. The molecule has 4 aromatic rings. The van der Waals surface area contributed by atoms with Crippen LogP contribution in [0.2, 0.25) is 0 Å². The van der Waals surface area contributed by atoms with Crippen LogP contribution in [0.4, 0.5) is 5.82 Å². The number of rotatable bonds is 4. The van der Waals surface area contributed by atoms with Gasteiger partial charge in [0.2, 0.25) is 0 Å². The number of fused-ring (bicyclic) bond motifs is 1. The van der Waals surface area contributed by atoms with Crippen LogP contribution in [0.25, 0.3) is 16.9 Å². The van der Waals surface area contributed by atoms with E-state index in [4.69, 9.17) is 0 Å². The topological polar surface area (TPSA) is 94.1 Å². The van der Waals surface area contributed by atoms with Gasteiger partial charge in [-0.3, -0.25) is 9.78 Å². The Balaban J connectivity index is 1.44. The Morgan fingerprint density at radius 2 is 1.93 bits per heavy atom. The van der Waals surface area contributed by atoms with Gasteiger partial charge in [-0.2, -0.15) is 9.61 Å². The molecular weight excluding hydrogens is 356 g/mol. The first-order valence-corrected chi connectivity index (χ1v) is 9.20. The van der Waals surface area contributed by atoms with Crippen molar-refractivity contribution in [1.82, 2.24) is 34.6 Å². The van der Waals surface area contributed by atoms with Crippen LogP contribution < -0.4 is 10.5 Å². The molecule has 1 atom stereocenters. The molecule has 140 valence electrons. The Hall–Kier alpha value is -3.62. The van der Waals surface area contributed by atoms with Crippen LogP contribution >= 0.6 is 0 Å². The standard InChI is InChI=1S/C19H18N8O/c28-19-6-3-16(14-7-9-20-10-8-14)23-26(19)12-15-2-1-11-25(15)18-5-4-17-22-21-13-27(17)24-18/h3-10,13,15H,1-2,11-12H2. The SMILES string of the molecule is O=c1ccc(-c2ccncc2)nn1CC1CCCN1c1ccc2nncn2n1. The number of anilines is 1. The summed E-state index contributed by atoms with van der Waals surface area (Å²) in [7, 11) is 0. The van der Waals surface area contributed by atoms with Crippen molar-refractivity contribution in [3.05, 3.63) is 65.5 Å². The average Bonchev–Trinajstić information content (AvgIpc) is 3.39. The van der Waals surface area contributed by atoms with E-state index in [9.17, 15) is 4.79 Å². The van der Waals surface area contributed by atoms with Crippen molar-refractivity contribution in [2.24, 2.45) is 0 Å². The highest BCUT2D eigenvalue weighted by Gasteiger charge is 2.27. The van der Waals surface area contributed by atoms with Crippen LogP contribution in [-0.2, 0) is 6.54 Å². The zero-order valence-corrected chi connectivity index (χ0v) is 15.1. The van der Waals surface area contributed by atoms with Crippen LogP contribution in [0.15, 0.2) is 59.9 Å². The van der Waals surface area contributed by atoms with Crippen LogP contribution in [0.1, 0.15) is 12.8 Å². The number of nitrogens with zero attached hydrogens (tertiary/aromatic N) is 8. The van der Waals surface area contributed by atoms with Crippen molar-refractivity contribution in [2.75, 3.05) is 11.4 Å². The van der Waals surface area contributed by atoms with Gasteiger partial charge in [0.05, 0.1) is 18.3 Å². The van der Waals surface area contributed by atoms with Crippen molar-refractivity contribution in [3.63, 3.8) is 0 Å². The summed E-state index contributed by atoms with van der Waals surface area (Å²) in [6.07, 6.45) is 7.06. The van der Waals surface area contributed by atoms with E-state index < -0.39 is 0 Å². The lowest BCUT2D eigenvalue weighted by atomic mass is 10.2. The van der Waals surface area contributed by atoms with Gasteiger partial charge in [-0.15, -0.1) is 15.3 Å². The van der Waals surface area contributed by atoms with E-state index in [1.54, 1.807) is 40.1 Å². The number of aromatic nitrogens is 7. The van der Waals surface area contributed by atoms with Crippen molar-refractivity contribution in [2.45, 2.75) is 25.4 Å². The van der Waals surface area contributed by atoms with E-state index in [0.717, 1.165) is 36.5 Å². The van der Waals surface area contributed by atoms with Gasteiger partial charge in [-0.25, -0.2) is 4.68 Å². The predicted octanol–water partition coefficient (Wildman–Crippen LogP) is 1.41. The highest BCUT2D eigenvalue weighted by Crippen LogP contribution is 2.24. The highest BCUT2D eigenvalue weighted by atomic mass is 16.1. The van der Waals surface area contributed by atoms with Crippen molar-refractivity contribution < 1.29 is 0 Å². The molecule has 1 unspecified atom stereocenters. The summed E-state index contributed by atoms with van der Waals surface area (Å²) in [6.45, 7) is 1.41. The molecule has 0 N–H and O–H groups in total. The summed E-state index contributed by atoms with van der Waals surface area (Å²) in [4.78, 5) is 18.7. The first-order chi connectivity index (χ1) is 13.8. The molecule has 0 aromatic carbocycles. The average molecular weight is 374 g/mol. The fraction of sp³-hybridized carbons (Fsp3) is 0.263. The van der Waals surface area contributed by atoms with Crippen molar-refractivity contribution in [1.29, 1.82) is 0 Å². The molecule has 1 fully saturated rings. The Kier molecular flexibility index (Phi) is 4.04. The van der Waals surface area contributed by atoms with Gasteiger partial charge in [0, 0.05) is 30.6 Å². The summed E-state index contributed by atoms with van der Waals surface area (Å²) < 4.78 is 3.22. The Labute approximate surface area is 160 Å². The largest absolute Gasteiger partial charge is 0.350 e. The maximum Gasteiger partial charge on any atom is 0.266 e. The second-order valence-corrected chi connectivity index (χ2v) is 6.79. The second-order valence-electron chi connectivity index (χ2n) is 6.79. The Bertz CT molecular complexity index is 1170. The summed E-state index contributed by atoms with van der Waals surface area (Å²) in [6, 6.07) is 11.1. The van der Waals surface area contributed by atoms with Crippen LogP contribution in [0, 0.1) is 0 Å². The minimum Gasteiger partial charge on any atom is -0.350 e. The minimum atomic E-state index is -0.105. The molecule has 0 bridgehead atoms. The normalized spacial score (nSPS) is 16.7. The summed E-state index contributed by atoms with van der Waals surface area (Å²) in [5.41, 5.74) is 2.30. The molecule has 5 heterocycles. The lowest BCUT2D eigenvalue weighted by Crippen LogP contribution is -2.37. The first kappa shape index (κ1) is 16.5. The van der Waals surface area contributed by atoms with Gasteiger partial charge in [-0.05, 0) is 43.2 Å². The molecule has 4 aromatic heterocycles. The maximum atomic E-state index is 12.4. The number of hydrogen-bond donors (Lipinski definition) is 0. The van der Waals surface area contributed by atoms with Gasteiger partial charge in [0.25, 0.3) is 5.56 Å². The van der Waals surface area contributed by atoms with Gasteiger partial charge in [-0.1, -0.05) is 0 Å². The molecule has 9 nitrogen and oxygen atoms in total. The molecule has 0 aliphatic carbocycles. The van der Waals surface area contributed by atoms with E-state index in [1.165, 1.54) is 0 Å². The first-order valence-electron chi connectivity index (χ1n) is 9.20. The molecule has 0 saturated carbocycles. The zero-order valence-electron chi connectivity index (χ0n) is 15.1. The molecule has 9 heteroatoms. The molecule has 1 saturated heterocycles. The lowest BCUT2D eigenvalue weighted by molar-refractivity contribution is 0.488. The van der Waals surface area contributed by atoms with Crippen LogP contribution in [-0.4, -0.2) is 47.2 Å². The van der Waals surface area contributed by atoms with Crippen LogP contribution in [0.5, 0.6) is 0 Å². The summed E-state index contributed by atoms with van der Waals surface area (Å²) in [5.74, 6) is 0.855. The molecule has 28 heavy (non-hydrogen) atoms. The molecule has 5 rings (SSSR count). The van der Waals surface area contributed by atoms with Crippen molar-refractivity contribution in [3.8, 4) is 11.3 Å². The molecule has 1 aliphatic heterocycles. The minimum absolute atomic E-state index is 0.105. The van der Waals surface area contributed by atoms with E-state index >= 15 is 0 Å². The quantitative estimate of drug-likeness (QED) is 0.533. The predicted molar refractivity (Wildman–Crippen MR) is 103 cm³/mol. The smallest absolute Gasteiger partial charge is 0.266 e. The molecule has 0 amide bonds. The number of pyridine rings is 1. The van der Waals surface area contributed by atoms with Crippen LogP contribution in [0.3, 0.4) is 0 Å². The number of hydrogen-bond acceptors (Lipinski definition) is 7. The summed E-state index contributed by atoms with van der Waals surface area (Å²) >= 11 is 0. The molecule has 0 spiro atoms. The maximum absolute atomic E-state index is 12.4. The lowest BCUT2D eigenvalue weighted by Gasteiger charge is -2.25. The fourth-order valence-corrected chi connectivity index (χ4v) is 3.65. The molecular formula is C19H18N8O. The second kappa shape index (κ2) is 6.84. The van der Waals surface area contributed by atoms with E-state index in [-0.39, 0.29) is 11.6 Å². The monoisotopic (exact) mass is 374 g/mol. The zero-order chi connectivity index (χ0) is 18.9. The van der Waals surface area contributed by atoms with Gasteiger partial charge in [0.1, 0.15) is 12.1 Å². The van der Waals surface area contributed by atoms with Gasteiger partial charge < -0.3 is 4.90 Å².